The monoisotopic (exact) mass is 299 g/mol. The topological polar surface area (TPSA) is 58.4 Å². The maximum atomic E-state index is 12.6. The van der Waals surface area contributed by atoms with E-state index in [1.165, 1.54) is 0 Å². The Morgan fingerprint density at radius 2 is 1.76 bits per heavy atom. The van der Waals surface area contributed by atoms with E-state index in [1.807, 2.05) is 42.5 Å². The minimum absolute atomic E-state index is 0.0850. The maximum absolute atomic E-state index is 12.6. The summed E-state index contributed by atoms with van der Waals surface area (Å²) in [4.78, 5) is 14.2. The second kappa shape index (κ2) is 6.85. The quantitative estimate of drug-likeness (QED) is 0.852. The lowest BCUT2D eigenvalue weighted by Crippen LogP contribution is -2.28. The van der Waals surface area contributed by atoms with Crippen LogP contribution in [0, 0.1) is 0 Å². The van der Waals surface area contributed by atoms with Gasteiger partial charge in [0.25, 0.3) is 5.91 Å². The average Bonchev–Trinajstić information content (AvgIpc) is 2.47. The number of nitrogens with zero attached hydrogens (tertiary/aromatic N) is 1. The molecular weight excluding hydrogens is 282 g/mol. The Balaban J connectivity index is 2.17. The Morgan fingerprint density at radius 1 is 1.14 bits per heavy atom. The molecule has 1 amide bonds. The van der Waals surface area contributed by atoms with Crippen molar-refractivity contribution in [3.05, 3.63) is 65.7 Å². The van der Waals surface area contributed by atoms with Crippen LogP contribution in [0.1, 0.15) is 15.9 Å². The number of carbonyl (C=O) groups excluding carboxylic acids is 1. The molecular formula is C16H17N3OS. The number of nitrogens with two attached hydrogens (primary N) is 1. The van der Waals surface area contributed by atoms with Crippen LogP contribution in [-0.4, -0.2) is 23.0 Å². The molecule has 21 heavy (non-hydrogen) atoms. The number of rotatable bonds is 4. The summed E-state index contributed by atoms with van der Waals surface area (Å²) in [5.74, 6) is -0.0850. The largest absolute Gasteiger partial charge is 0.376 e. The highest BCUT2D eigenvalue weighted by molar-refractivity contribution is 7.80. The van der Waals surface area contributed by atoms with Crippen LogP contribution < -0.4 is 11.1 Å². The van der Waals surface area contributed by atoms with Gasteiger partial charge in [-0.3, -0.25) is 4.79 Å². The Labute approximate surface area is 129 Å². The predicted octanol–water partition coefficient (Wildman–Crippen LogP) is 2.61. The van der Waals surface area contributed by atoms with Crippen molar-refractivity contribution in [2.45, 2.75) is 6.54 Å². The van der Waals surface area contributed by atoms with Gasteiger partial charge in [0.05, 0.1) is 11.3 Å². The third-order valence-corrected chi connectivity index (χ3v) is 3.13. The van der Waals surface area contributed by atoms with Crippen LogP contribution in [0.15, 0.2) is 54.6 Å². The van der Waals surface area contributed by atoms with E-state index in [-0.39, 0.29) is 11.0 Å². The van der Waals surface area contributed by atoms with Crippen molar-refractivity contribution in [2.75, 3.05) is 12.4 Å². The fourth-order valence-corrected chi connectivity index (χ4v) is 2.16. The number of anilines is 1. The van der Waals surface area contributed by atoms with Crippen LogP contribution in [0.2, 0.25) is 0 Å². The van der Waals surface area contributed by atoms with Crippen molar-refractivity contribution < 1.29 is 4.79 Å². The van der Waals surface area contributed by atoms with Crippen LogP contribution in [0.5, 0.6) is 0 Å². The van der Waals surface area contributed by atoms with Gasteiger partial charge in [0.2, 0.25) is 0 Å². The van der Waals surface area contributed by atoms with E-state index in [4.69, 9.17) is 18.0 Å². The normalized spacial score (nSPS) is 9.95. The van der Waals surface area contributed by atoms with Gasteiger partial charge in [-0.2, -0.15) is 0 Å². The Morgan fingerprint density at radius 3 is 2.43 bits per heavy atom. The van der Waals surface area contributed by atoms with Crippen molar-refractivity contribution in [1.82, 2.24) is 4.90 Å². The SMILES string of the molecule is CN(Cc1ccccc1)C(=O)c1ccccc1NC(N)=S. The molecule has 4 nitrogen and oxygen atoms in total. The molecule has 2 rings (SSSR count). The number of para-hydroxylation sites is 1. The lowest BCUT2D eigenvalue weighted by atomic mass is 10.1. The highest BCUT2D eigenvalue weighted by Gasteiger charge is 2.15. The molecule has 0 spiro atoms. The minimum atomic E-state index is -0.0850. The first-order chi connectivity index (χ1) is 10.1. The number of amides is 1. The van der Waals surface area contributed by atoms with E-state index in [9.17, 15) is 4.79 Å². The lowest BCUT2D eigenvalue weighted by Gasteiger charge is -2.19. The third-order valence-electron chi connectivity index (χ3n) is 3.02. The zero-order valence-corrected chi connectivity index (χ0v) is 12.6. The molecule has 0 fully saturated rings. The average molecular weight is 299 g/mol. The molecule has 5 heteroatoms. The van der Waals surface area contributed by atoms with Gasteiger partial charge >= 0.3 is 0 Å². The van der Waals surface area contributed by atoms with Crippen molar-refractivity contribution in [3.8, 4) is 0 Å². The standard InChI is InChI=1S/C16H17N3OS/c1-19(11-12-7-3-2-4-8-12)15(20)13-9-5-6-10-14(13)18-16(17)21/h2-10H,11H2,1H3,(H3,17,18,21). The van der Waals surface area contributed by atoms with Crippen LogP contribution >= 0.6 is 12.2 Å². The highest BCUT2D eigenvalue weighted by Crippen LogP contribution is 2.17. The number of benzene rings is 2. The van der Waals surface area contributed by atoms with E-state index >= 15 is 0 Å². The first kappa shape index (κ1) is 15.0. The van der Waals surface area contributed by atoms with E-state index < -0.39 is 0 Å². The number of thiocarbonyl (C=S) groups is 1. The molecule has 0 heterocycles. The van der Waals surface area contributed by atoms with Crippen molar-refractivity contribution in [1.29, 1.82) is 0 Å². The van der Waals surface area contributed by atoms with Crippen LogP contribution in [0.25, 0.3) is 0 Å². The molecule has 0 aliphatic carbocycles. The smallest absolute Gasteiger partial charge is 0.256 e. The van der Waals surface area contributed by atoms with Crippen molar-refractivity contribution >= 4 is 28.9 Å². The summed E-state index contributed by atoms with van der Waals surface area (Å²) in [7, 11) is 1.77. The third kappa shape index (κ3) is 4.03. The van der Waals surface area contributed by atoms with Crippen LogP contribution in [0.3, 0.4) is 0 Å². The molecule has 3 N–H and O–H groups in total. The Kier molecular flexibility index (Phi) is 4.90. The Bertz CT molecular complexity index is 643. The Hall–Kier alpha value is -2.40. The van der Waals surface area contributed by atoms with Gasteiger partial charge in [-0.1, -0.05) is 42.5 Å². The summed E-state index contributed by atoms with van der Waals surface area (Å²) >= 11 is 4.84. The molecule has 0 aliphatic heterocycles. The zero-order valence-electron chi connectivity index (χ0n) is 11.7. The van der Waals surface area contributed by atoms with E-state index in [1.54, 1.807) is 24.1 Å². The molecule has 0 bridgehead atoms. The molecule has 0 unspecified atom stereocenters. The van der Waals surface area contributed by atoms with Gasteiger partial charge in [0, 0.05) is 13.6 Å². The minimum Gasteiger partial charge on any atom is -0.376 e. The van der Waals surface area contributed by atoms with Crippen molar-refractivity contribution in [3.63, 3.8) is 0 Å². The number of hydrogen-bond donors (Lipinski definition) is 2. The van der Waals surface area contributed by atoms with Gasteiger partial charge < -0.3 is 16.0 Å². The molecule has 0 atom stereocenters. The molecule has 0 saturated carbocycles. The van der Waals surface area contributed by atoms with E-state index in [0.29, 0.717) is 17.8 Å². The van der Waals surface area contributed by atoms with Gasteiger partial charge in [-0.15, -0.1) is 0 Å². The van der Waals surface area contributed by atoms with E-state index in [2.05, 4.69) is 5.32 Å². The molecule has 108 valence electrons. The second-order valence-corrected chi connectivity index (χ2v) is 5.12. The lowest BCUT2D eigenvalue weighted by molar-refractivity contribution is 0.0786. The van der Waals surface area contributed by atoms with Crippen LogP contribution in [0.4, 0.5) is 5.69 Å². The summed E-state index contributed by atoms with van der Waals surface area (Å²) in [5.41, 5.74) is 7.73. The van der Waals surface area contributed by atoms with Crippen molar-refractivity contribution in [2.24, 2.45) is 5.73 Å². The molecule has 0 saturated heterocycles. The summed E-state index contributed by atoms with van der Waals surface area (Å²) in [6.45, 7) is 0.543. The molecule has 0 aromatic heterocycles. The molecule has 2 aromatic rings. The zero-order chi connectivity index (χ0) is 15.2. The molecule has 0 radical (unpaired) electrons. The van der Waals surface area contributed by atoms with Gasteiger partial charge in [-0.25, -0.2) is 0 Å². The number of carbonyl (C=O) groups is 1. The maximum Gasteiger partial charge on any atom is 0.256 e. The predicted molar refractivity (Wildman–Crippen MR) is 89.1 cm³/mol. The van der Waals surface area contributed by atoms with E-state index in [0.717, 1.165) is 5.56 Å². The molecule has 2 aromatic carbocycles. The summed E-state index contributed by atoms with van der Waals surface area (Å²) in [6, 6.07) is 17.0. The molecule has 0 aliphatic rings. The number of hydrogen-bond acceptors (Lipinski definition) is 2. The fraction of sp³-hybridized carbons (Fsp3) is 0.125. The second-order valence-electron chi connectivity index (χ2n) is 4.68. The van der Waals surface area contributed by atoms with Gasteiger partial charge in [0.15, 0.2) is 5.11 Å². The number of nitrogens with one attached hydrogen (secondary N) is 1. The summed E-state index contributed by atoms with van der Waals surface area (Å²) < 4.78 is 0. The fourth-order valence-electron chi connectivity index (χ4n) is 2.05. The summed E-state index contributed by atoms with van der Waals surface area (Å²) in [6.07, 6.45) is 0. The highest BCUT2D eigenvalue weighted by atomic mass is 32.1. The first-order valence-electron chi connectivity index (χ1n) is 6.53. The van der Waals surface area contributed by atoms with Gasteiger partial charge in [-0.05, 0) is 29.9 Å². The van der Waals surface area contributed by atoms with Crippen LogP contribution in [-0.2, 0) is 6.54 Å². The van der Waals surface area contributed by atoms with Gasteiger partial charge in [0.1, 0.15) is 0 Å². The first-order valence-corrected chi connectivity index (χ1v) is 6.93. The summed E-state index contributed by atoms with van der Waals surface area (Å²) in [5, 5.41) is 2.97.